The molecule has 0 aliphatic rings. The van der Waals surface area contributed by atoms with Crippen LogP contribution in [0.15, 0.2) is 18.2 Å². The summed E-state index contributed by atoms with van der Waals surface area (Å²) in [6, 6.07) is 5.45. The number of rotatable bonds is 2. The van der Waals surface area contributed by atoms with Crippen molar-refractivity contribution in [2.75, 3.05) is 19.5 Å². The Morgan fingerprint density at radius 2 is 1.94 bits per heavy atom. The average Bonchev–Trinajstić information content (AvgIpc) is 2.34. The Kier molecular flexibility index (Phi) is 4.57. The second-order valence-corrected chi connectivity index (χ2v) is 9.79. The molecule has 1 aromatic carbocycles. The highest BCUT2D eigenvalue weighted by Crippen LogP contribution is 2.15. The number of ether oxygens (including phenoxy) is 1. The van der Waals surface area contributed by atoms with E-state index in [-0.39, 0.29) is 5.97 Å². The van der Waals surface area contributed by atoms with Crippen LogP contribution in [-0.2, 0) is 4.74 Å². The molecule has 0 saturated heterocycles. The topological polar surface area (TPSA) is 38.3 Å². The number of hydrogen-bond donors (Lipinski definition) is 1. The summed E-state index contributed by atoms with van der Waals surface area (Å²) in [6.45, 7) is 6.55. The molecule has 0 radical (unpaired) electrons. The first-order chi connectivity index (χ1) is 8.35. The van der Waals surface area contributed by atoms with E-state index in [9.17, 15) is 4.79 Å². The number of esters is 1. The average molecular weight is 261 g/mol. The summed E-state index contributed by atoms with van der Waals surface area (Å²) in [7, 11) is 1.77. The van der Waals surface area contributed by atoms with Crippen LogP contribution in [0.5, 0.6) is 0 Å². The van der Waals surface area contributed by atoms with Crippen LogP contribution in [0.25, 0.3) is 0 Å². The van der Waals surface area contributed by atoms with E-state index in [0.29, 0.717) is 5.56 Å². The van der Waals surface area contributed by atoms with E-state index in [1.807, 2.05) is 13.1 Å². The van der Waals surface area contributed by atoms with E-state index in [4.69, 9.17) is 4.74 Å². The SMILES string of the molecule is CNc1cc(C#C[Si](C)(C)C)cc(C(=O)OC)c1. The zero-order chi connectivity index (χ0) is 13.8. The normalized spacial score (nSPS) is 10.3. The highest BCUT2D eigenvalue weighted by molar-refractivity contribution is 6.83. The molecular weight excluding hydrogens is 242 g/mol. The summed E-state index contributed by atoms with van der Waals surface area (Å²) in [5, 5.41) is 3.02. The van der Waals surface area contributed by atoms with Gasteiger partial charge in [-0.15, -0.1) is 5.54 Å². The highest BCUT2D eigenvalue weighted by Gasteiger charge is 2.09. The highest BCUT2D eigenvalue weighted by atomic mass is 28.3. The molecule has 0 heterocycles. The second kappa shape index (κ2) is 5.74. The maximum atomic E-state index is 11.5. The third-order valence-corrected chi connectivity index (χ3v) is 3.10. The Labute approximate surface area is 110 Å². The summed E-state index contributed by atoms with van der Waals surface area (Å²) < 4.78 is 4.73. The van der Waals surface area contributed by atoms with Crippen LogP contribution in [0.2, 0.25) is 19.6 Å². The van der Waals surface area contributed by atoms with Gasteiger partial charge in [0.05, 0.1) is 12.7 Å². The monoisotopic (exact) mass is 261 g/mol. The molecule has 4 heteroatoms. The van der Waals surface area contributed by atoms with Gasteiger partial charge in [0.1, 0.15) is 8.07 Å². The summed E-state index contributed by atoms with van der Waals surface area (Å²) in [5.74, 6) is 2.80. The van der Waals surface area contributed by atoms with Crippen molar-refractivity contribution in [3.63, 3.8) is 0 Å². The predicted octanol–water partition coefficient (Wildman–Crippen LogP) is 2.74. The predicted molar refractivity (Wildman–Crippen MR) is 77.6 cm³/mol. The molecule has 0 atom stereocenters. The standard InChI is InChI=1S/C14H19NO2Si/c1-15-13-9-11(6-7-18(3,4)5)8-12(10-13)14(16)17-2/h8-10,15H,1-5H3. The first kappa shape index (κ1) is 14.3. The van der Waals surface area contributed by atoms with Crippen molar-refractivity contribution in [3.8, 4) is 11.5 Å². The van der Waals surface area contributed by atoms with Crippen LogP contribution in [0.3, 0.4) is 0 Å². The van der Waals surface area contributed by atoms with Gasteiger partial charge in [0.15, 0.2) is 0 Å². The van der Waals surface area contributed by atoms with Gasteiger partial charge >= 0.3 is 5.97 Å². The maximum Gasteiger partial charge on any atom is 0.337 e. The quantitative estimate of drug-likeness (QED) is 0.505. The van der Waals surface area contributed by atoms with Gasteiger partial charge in [0.25, 0.3) is 0 Å². The van der Waals surface area contributed by atoms with E-state index in [1.54, 1.807) is 12.1 Å². The fourth-order valence-electron chi connectivity index (χ4n) is 1.34. The molecule has 0 unspecified atom stereocenters. The fraction of sp³-hybridized carbons (Fsp3) is 0.357. The van der Waals surface area contributed by atoms with Gasteiger partial charge in [0, 0.05) is 18.3 Å². The van der Waals surface area contributed by atoms with Gasteiger partial charge in [-0.2, -0.15) is 0 Å². The van der Waals surface area contributed by atoms with Crippen LogP contribution in [0, 0.1) is 11.5 Å². The molecule has 0 aliphatic heterocycles. The van der Waals surface area contributed by atoms with Crippen molar-refractivity contribution >= 4 is 19.7 Å². The molecule has 96 valence electrons. The second-order valence-electron chi connectivity index (χ2n) is 5.04. The van der Waals surface area contributed by atoms with Crippen molar-refractivity contribution < 1.29 is 9.53 Å². The van der Waals surface area contributed by atoms with Gasteiger partial charge in [0.2, 0.25) is 0 Å². The van der Waals surface area contributed by atoms with E-state index in [2.05, 4.69) is 36.4 Å². The van der Waals surface area contributed by atoms with Crippen molar-refractivity contribution in [2.24, 2.45) is 0 Å². The number of nitrogens with one attached hydrogen (secondary N) is 1. The molecule has 0 fully saturated rings. The molecule has 1 aromatic rings. The van der Waals surface area contributed by atoms with Crippen LogP contribution in [-0.4, -0.2) is 28.2 Å². The smallest absolute Gasteiger partial charge is 0.337 e. The molecule has 3 nitrogen and oxygen atoms in total. The molecular formula is C14H19NO2Si. The molecule has 1 N–H and O–H groups in total. The zero-order valence-electron chi connectivity index (χ0n) is 11.5. The lowest BCUT2D eigenvalue weighted by molar-refractivity contribution is 0.0601. The summed E-state index contributed by atoms with van der Waals surface area (Å²) >= 11 is 0. The Morgan fingerprint density at radius 1 is 1.28 bits per heavy atom. The van der Waals surface area contributed by atoms with Gasteiger partial charge in [-0.05, 0) is 18.2 Å². The lowest BCUT2D eigenvalue weighted by atomic mass is 10.1. The van der Waals surface area contributed by atoms with Crippen molar-refractivity contribution in [2.45, 2.75) is 19.6 Å². The minimum atomic E-state index is -1.42. The molecule has 18 heavy (non-hydrogen) atoms. The van der Waals surface area contributed by atoms with Crippen LogP contribution >= 0.6 is 0 Å². The third-order valence-electron chi connectivity index (χ3n) is 2.22. The van der Waals surface area contributed by atoms with Crippen molar-refractivity contribution in [1.82, 2.24) is 0 Å². The van der Waals surface area contributed by atoms with Gasteiger partial charge < -0.3 is 10.1 Å². The minimum absolute atomic E-state index is 0.344. The summed E-state index contributed by atoms with van der Waals surface area (Å²) in [5.41, 5.74) is 5.50. The van der Waals surface area contributed by atoms with Gasteiger partial charge in [-0.25, -0.2) is 4.79 Å². The first-order valence-electron chi connectivity index (χ1n) is 5.80. The summed E-state index contributed by atoms with van der Waals surface area (Å²) in [6.07, 6.45) is 0. The number of anilines is 1. The fourth-order valence-corrected chi connectivity index (χ4v) is 1.86. The number of carbonyl (C=O) groups is 1. The molecule has 0 spiro atoms. The van der Waals surface area contributed by atoms with Crippen LogP contribution in [0.4, 0.5) is 5.69 Å². The molecule has 0 bridgehead atoms. The van der Waals surface area contributed by atoms with Gasteiger partial charge in [-0.3, -0.25) is 0 Å². The zero-order valence-corrected chi connectivity index (χ0v) is 12.5. The molecule has 0 aromatic heterocycles. The van der Waals surface area contributed by atoms with E-state index < -0.39 is 8.07 Å². The largest absolute Gasteiger partial charge is 0.465 e. The maximum absolute atomic E-state index is 11.5. The Hall–Kier alpha value is -1.73. The summed E-state index contributed by atoms with van der Waals surface area (Å²) in [4.78, 5) is 11.5. The van der Waals surface area contributed by atoms with Crippen LogP contribution in [0.1, 0.15) is 15.9 Å². The Morgan fingerprint density at radius 3 is 2.44 bits per heavy atom. The lowest BCUT2D eigenvalue weighted by Crippen LogP contribution is -2.16. The molecule has 0 saturated carbocycles. The van der Waals surface area contributed by atoms with Crippen LogP contribution < -0.4 is 5.32 Å². The van der Waals surface area contributed by atoms with Crippen molar-refractivity contribution in [1.29, 1.82) is 0 Å². The molecule has 1 rings (SSSR count). The number of methoxy groups -OCH3 is 1. The van der Waals surface area contributed by atoms with E-state index in [0.717, 1.165) is 11.3 Å². The Balaban J connectivity index is 3.19. The first-order valence-corrected chi connectivity index (χ1v) is 9.30. The van der Waals surface area contributed by atoms with Crippen molar-refractivity contribution in [3.05, 3.63) is 29.3 Å². The number of hydrogen-bond acceptors (Lipinski definition) is 3. The third kappa shape index (κ3) is 4.26. The lowest BCUT2D eigenvalue weighted by Gasteiger charge is -2.06. The molecule has 0 amide bonds. The van der Waals surface area contributed by atoms with Gasteiger partial charge in [-0.1, -0.05) is 25.6 Å². The van der Waals surface area contributed by atoms with E-state index in [1.165, 1.54) is 7.11 Å². The van der Waals surface area contributed by atoms with E-state index >= 15 is 0 Å². The minimum Gasteiger partial charge on any atom is -0.465 e. The molecule has 0 aliphatic carbocycles. The number of benzene rings is 1. The number of carbonyl (C=O) groups excluding carboxylic acids is 1. The Bertz CT molecular complexity index is 507.